The number of rotatable bonds is 5. The van der Waals surface area contributed by atoms with Crippen LogP contribution in [-0.4, -0.2) is 26.6 Å². The molecule has 0 fully saturated rings. The first kappa shape index (κ1) is 18.6. The Hall–Kier alpha value is -3.71. The highest BCUT2D eigenvalue weighted by molar-refractivity contribution is 7.18. The van der Waals surface area contributed by atoms with Crippen LogP contribution in [0.2, 0.25) is 0 Å². The smallest absolute Gasteiger partial charge is 0.277 e. The van der Waals surface area contributed by atoms with E-state index < -0.39 is 5.91 Å². The number of hydrogen-bond acceptors (Lipinski definition) is 6. The molecule has 0 aliphatic heterocycles. The summed E-state index contributed by atoms with van der Waals surface area (Å²) in [5.41, 5.74) is 2.81. The molecule has 0 aliphatic carbocycles. The minimum absolute atomic E-state index is 0.141. The molecular formula is C22H16N4O2S. The second kappa shape index (κ2) is 8.12. The van der Waals surface area contributed by atoms with E-state index in [2.05, 4.69) is 20.3 Å². The van der Waals surface area contributed by atoms with Crippen LogP contribution in [0.1, 0.15) is 31.4 Å². The lowest BCUT2D eigenvalue weighted by atomic mass is 10.1. The summed E-state index contributed by atoms with van der Waals surface area (Å²) in [5, 5.41) is 3.06. The summed E-state index contributed by atoms with van der Waals surface area (Å²) in [7, 11) is 0. The van der Waals surface area contributed by atoms with Gasteiger partial charge >= 0.3 is 0 Å². The minimum Gasteiger partial charge on any atom is -0.296 e. The highest BCUT2D eigenvalue weighted by Crippen LogP contribution is 2.33. The molecule has 4 aromatic rings. The Morgan fingerprint density at radius 2 is 1.59 bits per heavy atom. The molecule has 4 rings (SSSR count). The van der Waals surface area contributed by atoms with Crippen molar-refractivity contribution in [2.45, 2.75) is 6.92 Å². The van der Waals surface area contributed by atoms with Crippen molar-refractivity contribution in [2.75, 3.05) is 5.32 Å². The second-order valence-corrected chi connectivity index (χ2v) is 7.25. The zero-order chi connectivity index (χ0) is 20.2. The van der Waals surface area contributed by atoms with Gasteiger partial charge in [-0.25, -0.2) is 9.97 Å². The van der Waals surface area contributed by atoms with Gasteiger partial charge in [0.1, 0.15) is 10.6 Å². The summed E-state index contributed by atoms with van der Waals surface area (Å²) < 4.78 is 0. The number of thiazole rings is 1. The summed E-state index contributed by atoms with van der Waals surface area (Å²) in [6.45, 7) is 1.79. The highest BCUT2D eigenvalue weighted by atomic mass is 32.1. The van der Waals surface area contributed by atoms with Gasteiger partial charge in [0, 0.05) is 17.3 Å². The van der Waals surface area contributed by atoms with E-state index in [1.54, 1.807) is 19.1 Å². The third-order valence-electron chi connectivity index (χ3n) is 4.15. The quantitative estimate of drug-likeness (QED) is 0.502. The van der Waals surface area contributed by atoms with Gasteiger partial charge in [0.15, 0.2) is 5.13 Å². The summed E-state index contributed by atoms with van der Waals surface area (Å²) in [4.78, 5) is 38.7. The maximum Gasteiger partial charge on any atom is 0.277 e. The van der Waals surface area contributed by atoms with Crippen LogP contribution in [0, 0.1) is 6.92 Å². The molecule has 1 N–H and O–H groups in total. The van der Waals surface area contributed by atoms with E-state index in [1.165, 1.54) is 12.4 Å². The molecule has 0 unspecified atom stereocenters. The van der Waals surface area contributed by atoms with E-state index in [1.807, 2.05) is 48.5 Å². The molecule has 1 amide bonds. The van der Waals surface area contributed by atoms with Crippen molar-refractivity contribution >= 4 is 28.2 Å². The van der Waals surface area contributed by atoms with Crippen LogP contribution in [0.4, 0.5) is 5.13 Å². The van der Waals surface area contributed by atoms with Crippen molar-refractivity contribution in [1.82, 2.24) is 15.0 Å². The van der Waals surface area contributed by atoms with Gasteiger partial charge in [-0.1, -0.05) is 72.0 Å². The van der Waals surface area contributed by atoms with E-state index in [9.17, 15) is 9.59 Å². The molecular weight excluding hydrogens is 384 g/mol. The molecule has 7 heteroatoms. The Balaban J connectivity index is 1.71. The Labute approximate surface area is 171 Å². The molecule has 2 aromatic heterocycles. The van der Waals surface area contributed by atoms with Gasteiger partial charge in [0.25, 0.3) is 5.91 Å². The fraction of sp³-hybridized carbons (Fsp3) is 0.0455. The molecule has 6 nitrogen and oxygen atoms in total. The summed E-state index contributed by atoms with van der Waals surface area (Å²) >= 11 is 1.14. The molecule has 2 heterocycles. The molecule has 29 heavy (non-hydrogen) atoms. The van der Waals surface area contributed by atoms with E-state index in [-0.39, 0.29) is 11.5 Å². The number of carbonyl (C=O) groups excluding carboxylic acids is 2. The van der Waals surface area contributed by atoms with Gasteiger partial charge < -0.3 is 0 Å². The zero-order valence-corrected chi connectivity index (χ0v) is 16.3. The SMILES string of the molecule is Cc1cnc(C(=O)Nc2nc(-c3ccccc3)c(C(=O)c3ccccc3)s2)cn1. The number of ketones is 1. The van der Waals surface area contributed by atoms with Gasteiger partial charge in [-0.3, -0.25) is 19.9 Å². The van der Waals surface area contributed by atoms with E-state index in [0.29, 0.717) is 21.3 Å². The average Bonchev–Trinajstić information content (AvgIpc) is 3.18. The van der Waals surface area contributed by atoms with Crippen LogP contribution >= 0.6 is 11.3 Å². The fourth-order valence-electron chi connectivity index (χ4n) is 2.71. The average molecular weight is 400 g/mol. The zero-order valence-electron chi connectivity index (χ0n) is 15.5. The fourth-order valence-corrected chi connectivity index (χ4v) is 3.66. The number of benzene rings is 2. The first-order valence-corrected chi connectivity index (χ1v) is 9.69. The van der Waals surface area contributed by atoms with Gasteiger partial charge in [0.05, 0.1) is 17.6 Å². The maximum atomic E-state index is 13.1. The van der Waals surface area contributed by atoms with Crippen molar-refractivity contribution in [3.63, 3.8) is 0 Å². The monoisotopic (exact) mass is 400 g/mol. The molecule has 0 saturated carbocycles. The molecule has 0 atom stereocenters. The standard InChI is InChI=1S/C22H16N4O2S/c1-14-12-24-17(13-23-14)21(28)26-22-25-18(15-8-4-2-5-9-15)20(29-22)19(27)16-10-6-3-7-11-16/h2-13H,1H3,(H,25,26,28). The Morgan fingerprint density at radius 3 is 2.24 bits per heavy atom. The van der Waals surface area contributed by atoms with Crippen LogP contribution in [-0.2, 0) is 0 Å². The number of hydrogen-bond donors (Lipinski definition) is 1. The number of anilines is 1. The summed E-state index contributed by atoms with van der Waals surface area (Å²) in [6, 6.07) is 18.4. The van der Waals surface area contributed by atoms with Crippen LogP contribution in [0.5, 0.6) is 0 Å². The predicted molar refractivity (Wildman–Crippen MR) is 112 cm³/mol. The molecule has 0 bridgehead atoms. The topological polar surface area (TPSA) is 84.8 Å². The highest BCUT2D eigenvalue weighted by Gasteiger charge is 2.22. The Morgan fingerprint density at radius 1 is 0.897 bits per heavy atom. The minimum atomic E-state index is -0.426. The first-order valence-electron chi connectivity index (χ1n) is 8.88. The number of nitrogens with one attached hydrogen (secondary N) is 1. The van der Waals surface area contributed by atoms with Crippen molar-refractivity contribution in [3.05, 3.63) is 94.9 Å². The van der Waals surface area contributed by atoms with Crippen molar-refractivity contribution < 1.29 is 9.59 Å². The number of nitrogens with zero attached hydrogens (tertiary/aromatic N) is 3. The van der Waals surface area contributed by atoms with Gasteiger partial charge in [0.2, 0.25) is 5.78 Å². The number of carbonyl (C=O) groups is 2. The van der Waals surface area contributed by atoms with Crippen molar-refractivity contribution in [2.24, 2.45) is 0 Å². The summed E-state index contributed by atoms with van der Waals surface area (Å²) in [6.07, 6.45) is 2.93. The van der Waals surface area contributed by atoms with Crippen molar-refractivity contribution in [3.8, 4) is 11.3 Å². The number of aryl methyl sites for hydroxylation is 1. The normalized spacial score (nSPS) is 10.5. The molecule has 0 radical (unpaired) electrons. The third kappa shape index (κ3) is 4.09. The van der Waals surface area contributed by atoms with Crippen LogP contribution in [0.3, 0.4) is 0 Å². The Bertz CT molecular complexity index is 1160. The second-order valence-electron chi connectivity index (χ2n) is 6.26. The Kier molecular flexibility index (Phi) is 5.22. The number of amides is 1. The first-order chi connectivity index (χ1) is 14.1. The lowest BCUT2D eigenvalue weighted by Crippen LogP contribution is -2.13. The van der Waals surface area contributed by atoms with Gasteiger partial charge in [-0.15, -0.1) is 0 Å². The molecule has 142 valence electrons. The van der Waals surface area contributed by atoms with E-state index in [4.69, 9.17) is 0 Å². The molecule has 0 aliphatic rings. The van der Waals surface area contributed by atoms with Crippen LogP contribution < -0.4 is 5.32 Å². The van der Waals surface area contributed by atoms with E-state index in [0.717, 1.165) is 22.6 Å². The van der Waals surface area contributed by atoms with Crippen LogP contribution in [0.15, 0.2) is 73.1 Å². The molecule has 0 spiro atoms. The maximum absolute atomic E-state index is 13.1. The van der Waals surface area contributed by atoms with Gasteiger partial charge in [-0.05, 0) is 6.92 Å². The predicted octanol–water partition coefficient (Wildman–Crippen LogP) is 4.39. The molecule has 2 aromatic carbocycles. The van der Waals surface area contributed by atoms with E-state index >= 15 is 0 Å². The largest absolute Gasteiger partial charge is 0.296 e. The summed E-state index contributed by atoms with van der Waals surface area (Å²) in [5.74, 6) is -0.567. The lowest BCUT2D eigenvalue weighted by Gasteiger charge is -2.02. The van der Waals surface area contributed by atoms with Crippen molar-refractivity contribution in [1.29, 1.82) is 0 Å². The lowest BCUT2D eigenvalue weighted by molar-refractivity contribution is 0.101. The van der Waals surface area contributed by atoms with Gasteiger partial charge in [-0.2, -0.15) is 0 Å². The molecule has 0 saturated heterocycles. The third-order valence-corrected chi connectivity index (χ3v) is 5.12. The number of aromatic nitrogens is 3. The van der Waals surface area contributed by atoms with Crippen LogP contribution in [0.25, 0.3) is 11.3 Å².